The highest BCUT2D eigenvalue weighted by molar-refractivity contribution is 7.94. The summed E-state index contributed by atoms with van der Waals surface area (Å²) in [7, 11) is -18.7. The fourth-order valence-corrected chi connectivity index (χ4v) is 8.10. The number of phenolic OH excluding ortho intramolecular Hbond substituents is 1. The van der Waals surface area contributed by atoms with Crippen LogP contribution in [-0.2, 0) is 40.2 Å². The van der Waals surface area contributed by atoms with Gasteiger partial charge in [0.05, 0.1) is 15.5 Å². The molecule has 0 unspecified atom stereocenters. The van der Waals surface area contributed by atoms with Gasteiger partial charge in [0.1, 0.15) is 21.2 Å². The maximum Gasteiger partial charge on any atom is 0.315 e. The van der Waals surface area contributed by atoms with Crippen LogP contribution in [0.4, 0.5) is 39.0 Å². The number of rotatable bonds is 11. The average Bonchev–Trinajstić information content (AvgIpc) is 3.09. The molecule has 284 valence electrons. The first-order chi connectivity index (χ1) is 25.7. The van der Waals surface area contributed by atoms with Gasteiger partial charge in [-0.05, 0) is 53.9 Å². The van der Waals surface area contributed by atoms with Gasteiger partial charge in [-0.25, -0.2) is 8.42 Å². The number of aromatic hydroxyl groups is 1. The summed E-state index contributed by atoms with van der Waals surface area (Å²) in [6.45, 7) is 3.26. The third kappa shape index (κ3) is 8.09. The van der Waals surface area contributed by atoms with Crippen LogP contribution in [0.25, 0.3) is 21.5 Å². The van der Waals surface area contributed by atoms with Gasteiger partial charge in [-0.3, -0.25) is 13.7 Å². The number of benzene rings is 5. The van der Waals surface area contributed by atoms with Crippen molar-refractivity contribution in [3.63, 3.8) is 0 Å². The molecule has 0 fully saturated rings. The molecule has 6 aromatic rings. The van der Waals surface area contributed by atoms with Crippen LogP contribution in [-0.4, -0.2) is 67.4 Å². The molecule has 55 heavy (non-hydrogen) atoms. The van der Waals surface area contributed by atoms with Gasteiger partial charge in [0.2, 0.25) is 11.9 Å². The molecule has 0 aliphatic heterocycles. The molecular formula is C31H22FN7O12S4. The quantitative estimate of drug-likeness (QED) is 0.0685. The number of aromatic nitrogens is 3. The number of hydrogen-bond acceptors (Lipinski definition) is 16. The summed E-state index contributed by atoms with van der Waals surface area (Å²) in [6.07, 6.45) is -1.36. The fourth-order valence-electron chi connectivity index (χ4n) is 5.27. The van der Waals surface area contributed by atoms with Crippen molar-refractivity contribution >= 4 is 96.4 Å². The third-order valence-electron chi connectivity index (χ3n) is 7.59. The number of nitrogens with one attached hydrogen (secondary N) is 2. The van der Waals surface area contributed by atoms with Gasteiger partial charge in [0.15, 0.2) is 15.6 Å². The Morgan fingerprint density at radius 1 is 0.673 bits per heavy atom. The lowest BCUT2D eigenvalue weighted by atomic mass is 10.1. The average molecular weight is 832 g/mol. The molecule has 5 aromatic carbocycles. The second kappa shape index (κ2) is 14.0. The Bertz CT molecular complexity index is 3090. The molecule has 0 saturated heterocycles. The van der Waals surface area contributed by atoms with E-state index in [-0.39, 0.29) is 43.5 Å². The molecule has 0 radical (unpaired) electrons. The maximum atomic E-state index is 14.7. The monoisotopic (exact) mass is 831 g/mol. The van der Waals surface area contributed by atoms with Crippen molar-refractivity contribution in [1.29, 1.82) is 0 Å². The van der Waals surface area contributed by atoms with Crippen LogP contribution in [0.2, 0.25) is 0 Å². The van der Waals surface area contributed by atoms with E-state index in [0.717, 1.165) is 53.9 Å². The Balaban J connectivity index is 1.45. The highest BCUT2D eigenvalue weighted by atomic mass is 32.2. The molecule has 0 spiro atoms. The zero-order valence-electron chi connectivity index (χ0n) is 27.1. The fraction of sp³-hybridized carbons (Fsp3) is 0. The summed E-state index contributed by atoms with van der Waals surface area (Å²) < 4.78 is 142. The van der Waals surface area contributed by atoms with Gasteiger partial charge in [-0.2, -0.15) is 44.6 Å². The summed E-state index contributed by atoms with van der Waals surface area (Å²) in [6, 6.07) is 14.7. The molecule has 6 rings (SSSR count). The van der Waals surface area contributed by atoms with Gasteiger partial charge in [-0.1, -0.05) is 36.9 Å². The third-order valence-corrected chi connectivity index (χ3v) is 11.6. The summed E-state index contributed by atoms with van der Waals surface area (Å²) in [5.41, 5.74) is -1.16. The second-order valence-corrected chi connectivity index (χ2v) is 17.2. The minimum absolute atomic E-state index is 0.0516. The molecule has 0 atom stereocenters. The van der Waals surface area contributed by atoms with Crippen LogP contribution < -0.4 is 10.6 Å². The topological polar surface area (TPSA) is 305 Å². The van der Waals surface area contributed by atoms with Crippen molar-refractivity contribution in [2.45, 2.75) is 19.6 Å². The minimum atomic E-state index is -5.14. The molecule has 0 bridgehead atoms. The van der Waals surface area contributed by atoms with Crippen molar-refractivity contribution in [1.82, 2.24) is 15.0 Å². The standard InChI is InChI=1S/C31H22FN7O12S4/c1-2-52(41,42)18-6-3-5-17(14-18)33-30-35-29(32)36-31(37-30)34-24-15-19(53(43,44)45)13-16-9-11-22(27(40)26(16)24)38-39-23-12-10-20-21(28(23)55(49,50)51)7-4-8-25(20)54(46,47)48/h2-15,40H,1H2,(H,43,44,45)(H,46,47,48)(H,49,50,51)(H2,33,34,35,36,37)/b39-38+. The van der Waals surface area contributed by atoms with Crippen LogP contribution in [0, 0.1) is 6.08 Å². The molecular weight excluding hydrogens is 810 g/mol. The summed E-state index contributed by atoms with van der Waals surface area (Å²) in [5, 5.41) is 24.0. The Hall–Kier alpha value is -6.02. The van der Waals surface area contributed by atoms with E-state index >= 15 is 0 Å². The van der Waals surface area contributed by atoms with E-state index < -0.39 is 84.3 Å². The van der Waals surface area contributed by atoms with Crippen molar-refractivity contribution < 1.29 is 56.8 Å². The van der Waals surface area contributed by atoms with Gasteiger partial charge >= 0.3 is 6.08 Å². The van der Waals surface area contributed by atoms with Crippen molar-refractivity contribution in [2.75, 3.05) is 10.6 Å². The summed E-state index contributed by atoms with van der Waals surface area (Å²) in [5.74, 6) is -1.77. The van der Waals surface area contributed by atoms with E-state index in [4.69, 9.17) is 0 Å². The molecule has 0 aliphatic rings. The number of phenols is 1. The first kappa shape index (κ1) is 38.7. The summed E-state index contributed by atoms with van der Waals surface area (Å²) >= 11 is 0. The normalized spacial score (nSPS) is 12.7. The number of nitrogens with zero attached hydrogens (tertiary/aromatic N) is 5. The van der Waals surface area contributed by atoms with Crippen LogP contribution in [0.3, 0.4) is 0 Å². The molecule has 1 heterocycles. The van der Waals surface area contributed by atoms with Gasteiger partial charge in [0, 0.05) is 27.3 Å². The van der Waals surface area contributed by atoms with E-state index in [9.17, 15) is 56.8 Å². The molecule has 19 nitrogen and oxygen atoms in total. The molecule has 0 amide bonds. The SMILES string of the molecule is C=CS(=O)(=O)c1cccc(Nc2nc(F)nc(Nc3cc(S(=O)(=O)O)cc4ccc(/N=N/c5ccc6c(S(=O)(=O)O)cccc6c5S(=O)(=O)O)c(O)c34)n2)c1. The van der Waals surface area contributed by atoms with Crippen molar-refractivity contribution in [2.24, 2.45) is 10.2 Å². The number of halogens is 1. The lowest BCUT2D eigenvalue weighted by molar-refractivity contribution is 0.480. The number of fused-ring (bicyclic) bond motifs is 2. The number of anilines is 4. The van der Waals surface area contributed by atoms with Crippen molar-refractivity contribution in [3.8, 4) is 5.75 Å². The largest absolute Gasteiger partial charge is 0.505 e. The van der Waals surface area contributed by atoms with Gasteiger partial charge < -0.3 is 15.7 Å². The lowest BCUT2D eigenvalue weighted by Gasteiger charge is -2.14. The van der Waals surface area contributed by atoms with Crippen LogP contribution in [0.5, 0.6) is 5.75 Å². The predicted octanol–water partition coefficient (Wildman–Crippen LogP) is 5.58. The smallest absolute Gasteiger partial charge is 0.315 e. The minimum Gasteiger partial charge on any atom is -0.505 e. The van der Waals surface area contributed by atoms with Gasteiger partial charge in [-0.15, -0.1) is 10.2 Å². The lowest BCUT2D eigenvalue weighted by Crippen LogP contribution is -2.07. The number of hydrogen-bond donors (Lipinski definition) is 6. The van der Waals surface area contributed by atoms with E-state index in [1.54, 1.807) is 0 Å². The second-order valence-electron chi connectivity index (χ2n) is 11.1. The number of azo groups is 1. The molecule has 6 N–H and O–H groups in total. The maximum absolute atomic E-state index is 14.7. The highest BCUT2D eigenvalue weighted by Gasteiger charge is 2.24. The van der Waals surface area contributed by atoms with Crippen molar-refractivity contribution in [3.05, 3.63) is 96.9 Å². The Labute approximate surface area is 310 Å². The van der Waals surface area contributed by atoms with E-state index in [0.29, 0.717) is 0 Å². The van der Waals surface area contributed by atoms with Gasteiger partial charge in [0.25, 0.3) is 30.4 Å². The molecule has 1 aromatic heterocycles. The zero-order chi connectivity index (χ0) is 40.1. The number of sulfone groups is 1. The Morgan fingerprint density at radius 3 is 1.98 bits per heavy atom. The highest BCUT2D eigenvalue weighted by Crippen LogP contribution is 2.43. The molecule has 0 aliphatic carbocycles. The summed E-state index contributed by atoms with van der Waals surface area (Å²) in [4.78, 5) is 8.67. The predicted molar refractivity (Wildman–Crippen MR) is 193 cm³/mol. The van der Waals surface area contributed by atoms with Crippen LogP contribution in [0.15, 0.2) is 121 Å². The molecule has 24 heteroatoms. The zero-order valence-corrected chi connectivity index (χ0v) is 30.4. The first-order valence-electron chi connectivity index (χ1n) is 14.8. The first-order valence-corrected chi connectivity index (χ1v) is 20.7. The Kier molecular flexibility index (Phi) is 9.85. The van der Waals surface area contributed by atoms with Crippen LogP contribution >= 0.6 is 0 Å². The van der Waals surface area contributed by atoms with E-state index in [1.807, 2.05) is 0 Å². The Morgan fingerprint density at radius 2 is 1.33 bits per heavy atom. The van der Waals surface area contributed by atoms with E-state index in [1.165, 1.54) is 30.3 Å². The van der Waals surface area contributed by atoms with E-state index in [2.05, 4.69) is 42.4 Å². The van der Waals surface area contributed by atoms with Crippen LogP contribution in [0.1, 0.15) is 0 Å². The molecule has 0 saturated carbocycles.